The van der Waals surface area contributed by atoms with Gasteiger partial charge in [0.05, 0.1) is 23.1 Å². The van der Waals surface area contributed by atoms with E-state index >= 15 is 0 Å². The second-order valence-electron chi connectivity index (χ2n) is 3.67. The molecule has 0 saturated carbocycles. The Hall–Kier alpha value is -2.18. The van der Waals surface area contributed by atoms with Crippen LogP contribution in [0.15, 0.2) is 23.2 Å². The van der Waals surface area contributed by atoms with E-state index in [4.69, 9.17) is 0 Å². The van der Waals surface area contributed by atoms with Crippen molar-refractivity contribution in [2.24, 2.45) is 10.9 Å². The molecule has 2 rings (SSSR count). The number of carboxylic acids is 1. The zero-order chi connectivity index (χ0) is 13.5. The van der Waals surface area contributed by atoms with Gasteiger partial charge >= 0.3 is 6.18 Å². The first-order valence-corrected chi connectivity index (χ1v) is 4.81. The van der Waals surface area contributed by atoms with E-state index in [2.05, 4.69) is 4.99 Å². The van der Waals surface area contributed by atoms with Crippen LogP contribution in [0.5, 0.6) is 0 Å². The maximum Gasteiger partial charge on any atom is 0.416 e. The largest absolute Gasteiger partial charge is 0.549 e. The first kappa shape index (κ1) is 12.3. The van der Waals surface area contributed by atoms with Crippen LogP contribution in [0.3, 0.4) is 0 Å². The third kappa shape index (κ3) is 1.99. The Kier molecular flexibility index (Phi) is 2.68. The number of halogens is 3. The first-order chi connectivity index (χ1) is 8.30. The summed E-state index contributed by atoms with van der Waals surface area (Å²) in [5, 5.41) is 10.6. The lowest BCUT2D eigenvalue weighted by molar-refractivity contribution is -0.306. The molecule has 1 aliphatic rings. The summed E-state index contributed by atoms with van der Waals surface area (Å²) in [6.07, 6.45) is -3.76. The van der Waals surface area contributed by atoms with Gasteiger partial charge < -0.3 is 9.90 Å². The molecule has 4 nitrogen and oxygen atoms in total. The van der Waals surface area contributed by atoms with Crippen LogP contribution in [0.25, 0.3) is 0 Å². The number of carbonyl (C=O) groups excluding carboxylic acids is 2. The van der Waals surface area contributed by atoms with Crippen LogP contribution < -0.4 is 5.11 Å². The number of ketones is 1. The van der Waals surface area contributed by atoms with Crippen LogP contribution in [0.2, 0.25) is 0 Å². The lowest BCUT2D eigenvalue weighted by atomic mass is 9.93. The lowest BCUT2D eigenvalue weighted by Crippen LogP contribution is -2.38. The van der Waals surface area contributed by atoms with Crippen molar-refractivity contribution >= 4 is 23.7 Å². The minimum absolute atomic E-state index is 0.153. The lowest BCUT2D eigenvalue weighted by Gasteiger charge is -2.19. The molecule has 18 heavy (non-hydrogen) atoms. The Morgan fingerprint density at radius 2 is 2.00 bits per heavy atom. The van der Waals surface area contributed by atoms with Gasteiger partial charge in [-0.15, -0.1) is 0 Å². The zero-order valence-corrected chi connectivity index (χ0v) is 8.69. The van der Waals surface area contributed by atoms with Gasteiger partial charge in [-0.1, -0.05) is 0 Å². The standard InChI is InChI=1S/C11H6F3NO3/c12-11(13,14)5-1-2-6-8(3-5)15-4-7(9(6)16)10(17)18/h1-4,7H,(H,17,18)/p-1. The minimum Gasteiger partial charge on any atom is -0.549 e. The van der Waals surface area contributed by atoms with Gasteiger partial charge in [0.2, 0.25) is 0 Å². The Balaban J connectivity index is 2.48. The summed E-state index contributed by atoms with van der Waals surface area (Å²) in [4.78, 5) is 25.8. The normalized spacial score (nSPS) is 18.6. The number of hydrogen-bond donors (Lipinski definition) is 0. The molecule has 0 radical (unpaired) electrons. The third-order valence-corrected chi connectivity index (χ3v) is 2.49. The van der Waals surface area contributed by atoms with Crippen molar-refractivity contribution in [3.63, 3.8) is 0 Å². The van der Waals surface area contributed by atoms with E-state index in [1.807, 2.05) is 0 Å². The number of carbonyl (C=O) groups is 2. The van der Waals surface area contributed by atoms with Crippen LogP contribution >= 0.6 is 0 Å². The summed E-state index contributed by atoms with van der Waals surface area (Å²) in [6.45, 7) is 0. The summed E-state index contributed by atoms with van der Waals surface area (Å²) in [5.41, 5.74) is -1.29. The molecule has 1 heterocycles. The fourth-order valence-corrected chi connectivity index (χ4v) is 1.58. The van der Waals surface area contributed by atoms with Gasteiger partial charge in [0, 0.05) is 11.8 Å². The average molecular weight is 256 g/mol. The maximum absolute atomic E-state index is 12.4. The highest BCUT2D eigenvalue weighted by Crippen LogP contribution is 2.35. The van der Waals surface area contributed by atoms with E-state index in [1.165, 1.54) is 0 Å². The third-order valence-electron chi connectivity index (χ3n) is 2.49. The van der Waals surface area contributed by atoms with Gasteiger partial charge in [-0.05, 0) is 18.2 Å². The monoisotopic (exact) mass is 256 g/mol. The van der Waals surface area contributed by atoms with Crippen molar-refractivity contribution in [3.05, 3.63) is 29.3 Å². The van der Waals surface area contributed by atoms with Gasteiger partial charge in [-0.25, -0.2) is 0 Å². The zero-order valence-electron chi connectivity index (χ0n) is 8.69. The molecule has 0 fully saturated rings. The molecule has 1 aromatic carbocycles. The molecule has 94 valence electrons. The summed E-state index contributed by atoms with van der Waals surface area (Å²) >= 11 is 0. The number of fused-ring (bicyclic) bond motifs is 1. The molecule has 7 heteroatoms. The quantitative estimate of drug-likeness (QED) is 0.703. The average Bonchev–Trinajstić information content (AvgIpc) is 2.27. The number of hydrogen-bond acceptors (Lipinski definition) is 4. The SMILES string of the molecule is O=C([O-])C1C=Nc2cc(C(F)(F)F)ccc2C1=O. The highest BCUT2D eigenvalue weighted by molar-refractivity contribution is 6.21. The van der Waals surface area contributed by atoms with Crippen LogP contribution in [-0.2, 0) is 11.0 Å². The predicted molar refractivity (Wildman–Crippen MR) is 52.4 cm³/mol. The van der Waals surface area contributed by atoms with Crippen LogP contribution in [0.1, 0.15) is 15.9 Å². The van der Waals surface area contributed by atoms with E-state index < -0.39 is 29.4 Å². The van der Waals surface area contributed by atoms with Crippen molar-refractivity contribution in [1.29, 1.82) is 0 Å². The molecule has 0 aliphatic carbocycles. The molecule has 1 unspecified atom stereocenters. The molecule has 0 saturated heterocycles. The Labute approximate surface area is 98.8 Å². The van der Waals surface area contributed by atoms with Gasteiger partial charge in [0.1, 0.15) is 0 Å². The molecule has 0 amide bonds. The van der Waals surface area contributed by atoms with Crippen molar-refractivity contribution in [2.45, 2.75) is 6.18 Å². The minimum atomic E-state index is -4.54. The number of carboxylic acid groups (broad SMARTS) is 1. The van der Waals surface area contributed by atoms with Gasteiger partial charge in [0.15, 0.2) is 5.78 Å². The van der Waals surface area contributed by atoms with Crippen molar-refractivity contribution < 1.29 is 27.9 Å². The Morgan fingerprint density at radius 3 is 2.56 bits per heavy atom. The van der Waals surface area contributed by atoms with E-state index in [9.17, 15) is 27.9 Å². The highest BCUT2D eigenvalue weighted by atomic mass is 19.4. The summed E-state index contributed by atoms with van der Waals surface area (Å²) in [5.74, 6) is -4.00. The smallest absolute Gasteiger partial charge is 0.416 e. The van der Waals surface area contributed by atoms with Crippen molar-refractivity contribution in [1.82, 2.24) is 0 Å². The van der Waals surface area contributed by atoms with Gasteiger partial charge in [-0.2, -0.15) is 13.2 Å². The number of aliphatic carboxylic acids is 1. The Bertz CT molecular complexity index is 563. The molecule has 1 atom stereocenters. The molecule has 0 bridgehead atoms. The van der Waals surface area contributed by atoms with Gasteiger partial charge in [-0.3, -0.25) is 9.79 Å². The van der Waals surface area contributed by atoms with Crippen LogP contribution in [-0.4, -0.2) is 18.0 Å². The van der Waals surface area contributed by atoms with Crippen LogP contribution in [0.4, 0.5) is 18.9 Å². The van der Waals surface area contributed by atoms with Crippen LogP contribution in [0, 0.1) is 5.92 Å². The number of alkyl halides is 3. The van der Waals surface area contributed by atoms with E-state index in [1.54, 1.807) is 0 Å². The first-order valence-electron chi connectivity index (χ1n) is 4.81. The molecular weight excluding hydrogens is 251 g/mol. The summed E-state index contributed by atoms with van der Waals surface area (Å²) in [6, 6.07) is 2.34. The number of Topliss-reactive ketones (excluding diaryl/α,β-unsaturated/α-hetero) is 1. The maximum atomic E-state index is 12.4. The summed E-state index contributed by atoms with van der Waals surface area (Å²) in [7, 11) is 0. The second-order valence-corrected chi connectivity index (χ2v) is 3.67. The summed E-state index contributed by atoms with van der Waals surface area (Å²) < 4.78 is 37.3. The molecule has 0 N–H and O–H groups in total. The molecular formula is C11H5F3NO3-. The van der Waals surface area contributed by atoms with E-state index in [0.29, 0.717) is 12.1 Å². The molecule has 1 aliphatic heterocycles. The number of rotatable bonds is 1. The topological polar surface area (TPSA) is 69.6 Å². The van der Waals surface area contributed by atoms with E-state index in [0.717, 1.165) is 12.3 Å². The van der Waals surface area contributed by atoms with Gasteiger partial charge in [0.25, 0.3) is 0 Å². The second kappa shape index (κ2) is 3.94. The fraction of sp³-hybridized carbons (Fsp3) is 0.182. The molecule has 0 aromatic heterocycles. The van der Waals surface area contributed by atoms with E-state index in [-0.39, 0.29) is 11.3 Å². The number of benzene rings is 1. The number of aliphatic imine (C=N–C) groups is 1. The fourth-order valence-electron chi connectivity index (χ4n) is 1.58. The predicted octanol–water partition coefficient (Wildman–Crippen LogP) is 0.970. The highest BCUT2D eigenvalue weighted by Gasteiger charge is 2.33. The molecule has 1 aromatic rings. The Morgan fingerprint density at radius 1 is 1.33 bits per heavy atom. The van der Waals surface area contributed by atoms with Crippen molar-refractivity contribution in [3.8, 4) is 0 Å². The molecule has 0 spiro atoms. The number of nitrogens with zero attached hydrogens (tertiary/aromatic N) is 1. The van der Waals surface area contributed by atoms with Crippen molar-refractivity contribution in [2.75, 3.05) is 0 Å².